The van der Waals surface area contributed by atoms with E-state index in [9.17, 15) is 4.79 Å². The van der Waals surface area contributed by atoms with Gasteiger partial charge in [0.15, 0.2) is 0 Å². The first-order valence-electron chi connectivity index (χ1n) is 6.05. The van der Waals surface area contributed by atoms with Crippen molar-refractivity contribution < 1.29 is 9.53 Å². The van der Waals surface area contributed by atoms with Gasteiger partial charge in [-0.15, -0.1) is 0 Å². The molecule has 0 radical (unpaired) electrons. The van der Waals surface area contributed by atoms with E-state index in [4.69, 9.17) is 10.6 Å². The van der Waals surface area contributed by atoms with Gasteiger partial charge < -0.3 is 15.5 Å². The molecule has 2 rings (SSSR count). The van der Waals surface area contributed by atoms with Gasteiger partial charge in [-0.05, 0) is 29.8 Å². The molecule has 0 spiro atoms. The highest BCUT2D eigenvalue weighted by Crippen LogP contribution is 2.13. The van der Waals surface area contributed by atoms with Gasteiger partial charge in [-0.25, -0.2) is 4.98 Å². The molecule has 0 unspecified atom stereocenters. The third-order valence-corrected chi connectivity index (χ3v) is 2.66. The molecule has 6 nitrogen and oxygen atoms in total. The van der Waals surface area contributed by atoms with E-state index in [1.165, 1.54) is 6.20 Å². The smallest absolute Gasteiger partial charge is 0.274 e. The van der Waals surface area contributed by atoms with Gasteiger partial charge in [0.2, 0.25) is 0 Å². The molecule has 0 aliphatic carbocycles. The third-order valence-electron chi connectivity index (χ3n) is 2.66. The molecule has 0 aliphatic heterocycles. The van der Waals surface area contributed by atoms with Crippen molar-refractivity contribution in [1.29, 1.82) is 0 Å². The molecule has 2 aromatic rings. The molecular weight excluding hydrogens is 256 g/mol. The second-order valence-electron chi connectivity index (χ2n) is 4.16. The van der Waals surface area contributed by atoms with Crippen LogP contribution in [0.1, 0.15) is 16.1 Å². The normalized spacial score (nSPS) is 10.1. The number of amides is 1. The van der Waals surface area contributed by atoms with Crippen LogP contribution in [-0.2, 0) is 11.3 Å². The number of carbonyl (C=O) groups is 1. The monoisotopic (exact) mass is 272 g/mol. The van der Waals surface area contributed by atoms with Crippen LogP contribution in [0, 0.1) is 0 Å². The van der Waals surface area contributed by atoms with Crippen molar-refractivity contribution in [2.45, 2.75) is 6.61 Å². The lowest BCUT2D eigenvalue weighted by atomic mass is 10.2. The van der Waals surface area contributed by atoms with Gasteiger partial charge in [-0.2, -0.15) is 0 Å². The number of carbonyl (C=O) groups excluding carboxylic acids is 1. The van der Waals surface area contributed by atoms with Gasteiger partial charge >= 0.3 is 0 Å². The molecule has 1 amide bonds. The summed E-state index contributed by atoms with van der Waals surface area (Å²) in [6.07, 6.45) is 1.50. The number of hydrogen-bond donors (Lipinski definition) is 3. The summed E-state index contributed by atoms with van der Waals surface area (Å²) in [6.45, 7) is 0.499. The number of aromatic nitrogens is 1. The van der Waals surface area contributed by atoms with Gasteiger partial charge in [0.25, 0.3) is 5.91 Å². The van der Waals surface area contributed by atoms with E-state index in [0.717, 1.165) is 5.56 Å². The Morgan fingerprint density at radius 1 is 1.30 bits per heavy atom. The summed E-state index contributed by atoms with van der Waals surface area (Å²) in [4.78, 5) is 16.1. The Labute approximate surface area is 116 Å². The van der Waals surface area contributed by atoms with E-state index < -0.39 is 0 Å². The lowest BCUT2D eigenvalue weighted by Crippen LogP contribution is -2.14. The Morgan fingerprint density at radius 3 is 2.80 bits per heavy atom. The van der Waals surface area contributed by atoms with Crippen molar-refractivity contribution in [3.05, 3.63) is 53.9 Å². The Balaban J connectivity index is 2.08. The summed E-state index contributed by atoms with van der Waals surface area (Å²) < 4.78 is 5.05. The highest BCUT2D eigenvalue weighted by Gasteiger charge is 2.07. The average molecular weight is 272 g/mol. The van der Waals surface area contributed by atoms with Crippen LogP contribution >= 0.6 is 0 Å². The fourth-order valence-electron chi connectivity index (χ4n) is 1.71. The van der Waals surface area contributed by atoms with Gasteiger partial charge in [-0.3, -0.25) is 10.6 Å². The lowest BCUT2D eigenvalue weighted by Gasteiger charge is -2.07. The summed E-state index contributed by atoms with van der Waals surface area (Å²) >= 11 is 0. The molecule has 0 saturated heterocycles. The van der Waals surface area contributed by atoms with Crippen LogP contribution in [-0.4, -0.2) is 18.0 Å². The fourth-order valence-corrected chi connectivity index (χ4v) is 1.71. The number of pyridine rings is 1. The van der Waals surface area contributed by atoms with Crippen molar-refractivity contribution in [3.8, 4) is 0 Å². The third kappa shape index (κ3) is 3.53. The number of rotatable bonds is 5. The first-order valence-corrected chi connectivity index (χ1v) is 6.05. The molecule has 0 aliphatic rings. The SMILES string of the molecule is COCc1cccc(NC(=O)c2ccc(NN)cn2)c1. The van der Waals surface area contributed by atoms with Crippen molar-refractivity contribution in [3.63, 3.8) is 0 Å². The molecule has 4 N–H and O–H groups in total. The zero-order valence-electron chi connectivity index (χ0n) is 11.1. The van der Waals surface area contributed by atoms with E-state index >= 15 is 0 Å². The number of nitrogens with one attached hydrogen (secondary N) is 2. The zero-order valence-corrected chi connectivity index (χ0v) is 11.1. The minimum Gasteiger partial charge on any atom is -0.380 e. The summed E-state index contributed by atoms with van der Waals surface area (Å²) in [6, 6.07) is 10.7. The van der Waals surface area contributed by atoms with Crippen LogP contribution in [0.2, 0.25) is 0 Å². The summed E-state index contributed by atoms with van der Waals surface area (Å²) in [5, 5.41) is 2.79. The molecule has 20 heavy (non-hydrogen) atoms. The number of nitrogen functional groups attached to an aromatic ring is 1. The van der Waals surface area contributed by atoms with Crippen LogP contribution in [0.3, 0.4) is 0 Å². The van der Waals surface area contributed by atoms with Crippen molar-refractivity contribution in [2.24, 2.45) is 5.84 Å². The van der Waals surface area contributed by atoms with Gasteiger partial charge in [0, 0.05) is 12.8 Å². The predicted octanol–water partition coefficient (Wildman–Crippen LogP) is 1.77. The summed E-state index contributed by atoms with van der Waals surface area (Å²) in [5.74, 6) is 4.97. The van der Waals surface area contributed by atoms with Crippen LogP contribution in [0.5, 0.6) is 0 Å². The first-order chi connectivity index (χ1) is 9.72. The van der Waals surface area contributed by atoms with E-state index in [-0.39, 0.29) is 5.91 Å². The zero-order chi connectivity index (χ0) is 14.4. The quantitative estimate of drug-likeness (QED) is 0.570. The second-order valence-corrected chi connectivity index (χ2v) is 4.16. The number of hydrogen-bond acceptors (Lipinski definition) is 5. The summed E-state index contributed by atoms with van der Waals surface area (Å²) in [5.41, 5.74) is 5.11. The number of ether oxygens (including phenoxy) is 1. The van der Waals surface area contributed by atoms with Crippen LogP contribution in [0.25, 0.3) is 0 Å². The average Bonchev–Trinajstić information content (AvgIpc) is 2.48. The number of anilines is 2. The summed E-state index contributed by atoms with van der Waals surface area (Å²) in [7, 11) is 1.63. The molecule has 0 saturated carbocycles. The van der Waals surface area contributed by atoms with E-state index in [0.29, 0.717) is 23.7 Å². The number of methoxy groups -OCH3 is 1. The highest BCUT2D eigenvalue weighted by molar-refractivity contribution is 6.02. The Morgan fingerprint density at radius 2 is 2.15 bits per heavy atom. The first kappa shape index (κ1) is 14.0. The molecule has 1 aromatic heterocycles. The lowest BCUT2D eigenvalue weighted by molar-refractivity contribution is 0.102. The Kier molecular flexibility index (Phi) is 4.65. The van der Waals surface area contributed by atoms with Crippen LogP contribution in [0.4, 0.5) is 11.4 Å². The van der Waals surface area contributed by atoms with E-state index in [1.807, 2.05) is 24.3 Å². The molecule has 0 atom stereocenters. The van der Waals surface area contributed by atoms with Crippen molar-refractivity contribution in [1.82, 2.24) is 4.98 Å². The molecular formula is C14H16N4O2. The number of nitrogens with zero attached hydrogens (tertiary/aromatic N) is 1. The van der Waals surface area contributed by atoms with Gasteiger partial charge in [0.05, 0.1) is 18.5 Å². The largest absolute Gasteiger partial charge is 0.380 e. The minimum atomic E-state index is -0.275. The maximum atomic E-state index is 12.0. The van der Waals surface area contributed by atoms with Gasteiger partial charge in [-0.1, -0.05) is 12.1 Å². The second kappa shape index (κ2) is 6.65. The van der Waals surface area contributed by atoms with Crippen LogP contribution in [0.15, 0.2) is 42.6 Å². The maximum absolute atomic E-state index is 12.0. The standard InChI is InChI=1S/C14H16N4O2/c1-20-9-10-3-2-4-11(7-10)17-14(19)13-6-5-12(18-15)8-16-13/h2-8,18H,9,15H2,1H3,(H,17,19). The number of hydrazine groups is 1. The van der Waals surface area contributed by atoms with E-state index in [1.54, 1.807) is 19.2 Å². The fraction of sp³-hybridized carbons (Fsp3) is 0.143. The number of benzene rings is 1. The van der Waals surface area contributed by atoms with Crippen molar-refractivity contribution in [2.75, 3.05) is 17.9 Å². The van der Waals surface area contributed by atoms with Crippen LogP contribution < -0.4 is 16.6 Å². The molecule has 0 fully saturated rings. The molecule has 104 valence electrons. The van der Waals surface area contributed by atoms with Gasteiger partial charge in [0.1, 0.15) is 5.69 Å². The number of nitrogens with two attached hydrogens (primary N) is 1. The maximum Gasteiger partial charge on any atom is 0.274 e. The molecule has 1 aromatic carbocycles. The molecule has 1 heterocycles. The Bertz CT molecular complexity index is 584. The van der Waals surface area contributed by atoms with Crippen molar-refractivity contribution >= 4 is 17.3 Å². The van der Waals surface area contributed by atoms with E-state index in [2.05, 4.69) is 15.7 Å². The molecule has 6 heteroatoms. The topological polar surface area (TPSA) is 89.3 Å². The predicted molar refractivity (Wildman–Crippen MR) is 77.2 cm³/mol. The molecule has 0 bridgehead atoms. The minimum absolute atomic E-state index is 0.275. The highest BCUT2D eigenvalue weighted by atomic mass is 16.5. The Hall–Kier alpha value is -2.44.